The van der Waals surface area contributed by atoms with Gasteiger partial charge in [-0.3, -0.25) is 9.78 Å². The van der Waals surface area contributed by atoms with Gasteiger partial charge >= 0.3 is 0 Å². The van der Waals surface area contributed by atoms with E-state index in [2.05, 4.69) is 28.1 Å². The lowest BCUT2D eigenvalue weighted by molar-refractivity contribution is -0.120. The van der Waals surface area contributed by atoms with Crippen molar-refractivity contribution in [3.63, 3.8) is 0 Å². The summed E-state index contributed by atoms with van der Waals surface area (Å²) in [4.78, 5) is 24.5. The lowest BCUT2D eigenvalue weighted by Crippen LogP contribution is -2.22. The van der Waals surface area contributed by atoms with Gasteiger partial charge in [0.1, 0.15) is 0 Å². The first-order chi connectivity index (χ1) is 13.7. The minimum Gasteiger partial charge on any atom is -0.370 e. The van der Waals surface area contributed by atoms with Gasteiger partial charge in [-0.2, -0.15) is 5.26 Å². The minimum atomic E-state index is -0.487. The average molecular weight is 389 g/mol. The van der Waals surface area contributed by atoms with Crippen molar-refractivity contribution in [2.45, 2.75) is 41.0 Å². The van der Waals surface area contributed by atoms with Crippen LogP contribution in [0.15, 0.2) is 36.5 Å². The zero-order valence-electron chi connectivity index (χ0n) is 17.9. The number of nitriles is 1. The van der Waals surface area contributed by atoms with Crippen LogP contribution in [0.2, 0.25) is 0 Å². The number of anilines is 1. The van der Waals surface area contributed by atoms with Gasteiger partial charge in [0.2, 0.25) is 0 Å². The molecule has 1 fully saturated rings. The van der Waals surface area contributed by atoms with E-state index in [-0.39, 0.29) is 11.7 Å². The minimum absolute atomic E-state index is 0.0583. The number of rotatable bonds is 4. The van der Waals surface area contributed by atoms with Crippen LogP contribution in [0.25, 0.3) is 16.8 Å². The van der Waals surface area contributed by atoms with Crippen molar-refractivity contribution >= 4 is 17.0 Å². The third-order valence-corrected chi connectivity index (χ3v) is 5.30. The molecule has 1 saturated heterocycles. The zero-order valence-corrected chi connectivity index (χ0v) is 17.9. The highest BCUT2D eigenvalue weighted by molar-refractivity contribution is 6.22. The molecule has 1 aliphatic heterocycles. The van der Waals surface area contributed by atoms with E-state index in [1.54, 1.807) is 6.20 Å². The second kappa shape index (κ2) is 8.16. The van der Waals surface area contributed by atoms with E-state index in [9.17, 15) is 4.79 Å². The highest BCUT2D eigenvalue weighted by Gasteiger charge is 2.28. The van der Waals surface area contributed by atoms with Gasteiger partial charge in [0.15, 0.2) is 5.78 Å². The number of nitrogens with zero attached hydrogens (tertiary/aromatic N) is 4. The molecule has 0 N–H and O–H groups in total. The smallest absolute Gasteiger partial charge is 0.170 e. The van der Waals surface area contributed by atoms with Crippen LogP contribution in [-0.4, -0.2) is 28.8 Å². The molecule has 1 atom stereocenters. The Hall–Kier alpha value is -3.00. The van der Waals surface area contributed by atoms with E-state index >= 15 is 0 Å². The SMILES string of the molecule is C/C=C(/C(=O)C(C)(C)C)c1nc(-c2cccc(N3CCC(C#N)C3)c2)cnc1C. The number of hydrogen-bond acceptors (Lipinski definition) is 5. The van der Waals surface area contributed by atoms with Gasteiger partial charge in [0, 0.05) is 35.3 Å². The van der Waals surface area contributed by atoms with Crippen LogP contribution in [0.1, 0.15) is 45.5 Å². The topological polar surface area (TPSA) is 69.9 Å². The maximum atomic E-state index is 12.9. The number of carbonyl (C=O) groups is 1. The number of ketones is 1. The van der Waals surface area contributed by atoms with E-state index in [1.807, 2.05) is 52.8 Å². The maximum absolute atomic E-state index is 12.9. The van der Waals surface area contributed by atoms with Crippen molar-refractivity contribution in [3.8, 4) is 17.3 Å². The molecular weight excluding hydrogens is 360 g/mol. The second-order valence-corrected chi connectivity index (χ2v) is 8.58. The Kier molecular flexibility index (Phi) is 5.83. The summed E-state index contributed by atoms with van der Waals surface area (Å²) in [6.45, 7) is 11.1. The highest BCUT2D eigenvalue weighted by Crippen LogP contribution is 2.30. The second-order valence-electron chi connectivity index (χ2n) is 8.58. The average Bonchev–Trinajstić information content (AvgIpc) is 3.18. The fraction of sp³-hybridized carbons (Fsp3) is 0.417. The molecule has 0 saturated carbocycles. The Morgan fingerprint density at radius 3 is 2.72 bits per heavy atom. The van der Waals surface area contributed by atoms with E-state index < -0.39 is 5.41 Å². The monoisotopic (exact) mass is 388 g/mol. The van der Waals surface area contributed by atoms with Crippen LogP contribution in [0.3, 0.4) is 0 Å². The summed E-state index contributed by atoms with van der Waals surface area (Å²) in [5.74, 6) is 0.146. The Labute approximate surface area is 173 Å². The summed E-state index contributed by atoms with van der Waals surface area (Å²) in [5, 5.41) is 9.17. The Morgan fingerprint density at radius 1 is 1.34 bits per heavy atom. The molecule has 150 valence electrons. The molecule has 5 heteroatoms. The number of allylic oxidation sites excluding steroid dienone is 2. The maximum Gasteiger partial charge on any atom is 0.170 e. The molecule has 2 aromatic rings. The lowest BCUT2D eigenvalue weighted by atomic mass is 9.84. The van der Waals surface area contributed by atoms with Gasteiger partial charge in [0.25, 0.3) is 0 Å². The summed E-state index contributed by atoms with van der Waals surface area (Å²) < 4.78 is 0. The Bertz CT molecular complexity index is 995. The number of carbonyl (C=O) groups excluding carboxylic acids is 1. The van der Waals surface area contributed by atoms with Crippen LogP contribution >= 0.6 is 0 Å². The normalized spacial score (nSPS) is 17.3. The molecule has 0 aliphatic carbocycles. The third kappa shape index (κ3) is 4.37. The summed E-state index contributed by atoms with van der Waals surface area (Å²) >= 11 is 0. The molecule has 0 bridgehead atoms. The number of hydrogen-bond donors (Lipinski definition) is 0. The molecule has 1 aliphatic rings. The molecule has 1 aromatic carbocycles. The van der Waals surface area contributed by atoms with Crippen molar-refractivity contribution < 1.29 is 4.79 Å². The number of benzene rings is 1. The van der Waals surface area contributed by atoms with Crippen molar-refractivity contribution in [2.75, 3.05) is 18.0 Å². The predicted octanol–water partition coefficient (Wildman–Crippen LogP) is 4.82. The summed E-state index contributed by atoms with van der Waals surface area (Å²) in [6.07, 6.45) is 4.49. The van der Waals surface area contributed by atoms with Crippen LogP contribution in [0.5, 0.6) is 0 Å². The van der Waals surface area contributed by atoms with Gasteiger partial charge in [-0.1, -0.05) is 39.0 Å². The number of aryl methyl sites for hydroxylation is 1. The number of Topliss-reactive ketones (excluding diaryl/α,β-unsaturated/α-hetero) is 1. The lowest BCUT2D eigenvalue weighted by Gasteiger charge is -2.20. The molecule has 1 aromatic heterocycles. The summed E-state index contributed by atoms with van der Waals surface area (Å²) in [5.41, 5.74) is 4.28. The fourth-order valence-electron chi connectivity index (χ4n) is 3.58. The summed E-state index contributed by atoms with van der Waals surface area (Å²) in [7, 11) is 0. The van der Waals surface area contributed by atoms with Crippen molar-refractivity contribution in [1.82, 2.24) is 9.97 Å². The molecule has 0 spiro atoms. The van der Waals surface area contributed by atoms with Crippen molar-refractivity contribution in [2.24, 2.45) is 11.3 Å². The van der Waals surface area contributed by atoms with Crippen LogP contribution in [0.4, 0.5) is 5.69 Å². The van der Waals surface area contributed by atoms with Crippen LogP contribution < -0.4 is 4.90 Å². The highest BCUT2D eigenvalue weighted by atomic mass is 16.1. The Morgan fingerprint density at radius 2 is 2.10 bits per heavy atom. The van der Waals surface area contributed by atoms with E-state index in [1.165, 1.54) is 0 Å². The predicted molar refractivity (Wildman–Crippen MR) is 116 cm³/mol. The van der Waals surface area contributed by atoms with Gasteiger partial charge in [-0.15, -0.1) is 0 Å². The first kappa shape index (κ1) is 20.7. The number of aromatic nitrogens is 2. The first-order valence-electron chi connectivity index (χ1n) is 10.0. The van der Waals surface area contributed by atoms with Gasteiger partial charge in [-0.25, -0.2) is 4.98 Å². The van der Waals surface area contributed by atoms with Crippen molar-refractivity contribution in [1.29, 1.82) is 5.26 Å². The first-order valence-corrected chi connectivity index (χ1v) is 10.0. The molecule has 1 unspecified atom stereocenters. The molecular formula is C24H28N4O. The van der Waals surface area contributed by atoms with Gasteiger partial charge < -0.3 is 4.90 Å². The molecule has 29 heavy (non-hydrogen) atoms. The molecule has 5 nitrogen and oxygen atoms in total. The quantitative estimate of drug-likeness (QED) is 0.702. The van der Waals surface area contributed by atoms with E-state index in [0.717, 1.165) is 42.1 Å². The molecule has 0 radical (unpaired) electrons. The third-order valence-electron chi connectivity index (χ3n) is 5.30. The molecule has 2 heterocycles. The molecule has 3 rings (SSSR count). The van der Waals surface area contributed by atoms with Crippen LogP contribution in [0, 0.1) is 29.6 Å². The molecule has 0 amide bonds. The van der Waals surface area contributed by atoms with E-state index in [0.29, 0.717) is 11.3 Å². The Balaban J connectivity index is 1.97. The standard InChI is InChI=1S/C24H28N4O/c1-6-20(23(29)24(3,4)5)22-16(2)26-14-21(27-22)18-8-7-9-19(12-18)28-11-10-17(13-25)15-28/h6-9,12,14,17H,10-11,15H2,1-5H3/b20-6+. The van der Waals surface area contributed by atoms with E-state index in [4.69, 9.17) is 10.2 Å². The summed E-state index contributed by atoms with van der Waals surface area (Å²) in [6, 6.07) is 10.5. The van der Waals surface area contributed by atoms with Gasteiger partial charge in [0.05, 0.1) is 35.3 Å². The zero-order chi connectivity index (χ0) is 21.2. The van der Waals surface area contributed by atoms with Crippen LogP contribution in [-0.2, 0) is 4.79 Å². The largest absolute Gasteiger partial charge is 0.370 e. The van der Waals surface area contributed by atoms with Crippen molar-refractivity contribution in [3.05, 3.63) is 47.9 Å². The fourth-order valence-corrected chi connectivity index (χ4v) is 3.58. The van der Waals surface area contributed by atoms with Gasteiger partial charge in [-0.05, 0) is 32.4 Å².